The number of amides is 1. The maximum absolute atomic E-state index is 13.4. The SMILES string of the molecule is CN(CCCCCC1CC(c2cccc(F)c2)NN1)C(=O)c1ccccc1N.Cl. The second-order valence-corrected chi connectivity index (χ2v) is 7.49. The van der Waals surface area contributed by atoms with Crippen LogP contribution in [-0.4, -0.2) is 30.4 Å². The average molecular weight is 421 g/mol. The van der Waals surface area contributed by atoms with Crippen molar-refractivity contribution in [3.8, 4) is 0 Å². The molecule has 1 saturated heterocycles. The van der Waals surface area contributed by atoms with Gasteiger partial charge in [0.15, 0.2) is 0 Å². The number of carbonyl (C=O) groups excluding carboxylic acids is 1. The molecule has 1 amide bonds. The number of carbonyl (C=O) groups is 1. The standard InChI is InChI=1S/C22H29FN4O.ClH/c1-27(22(28)19-11-4-5-12-20(19)24)13-6-2-3-10-18-15-21(26-25-18)16-8-7-9-17(23)14-16;/h4-5,7-9,11-12,14,18,21,25-26H,2-3,6,10,13,15,24H2,1H3;1H. The van der Waals surface area contributed by atoms with E-state index in [0.29, 0.717) is 17.3 Å². The highest BCUT2D eigenvalue weighted by Crippen LogP contribution is 2.25. The van der Waals surface area contributed by atoms with Crippen LogP contribution in [0, 0.1) is 5.82 Å². The van der Waals surface area contributed by atoms with Crippen LogP contribution in [0.15, 0.2) is 48.5 Å². The van der Waals surface area contributed by atoms with Crippen LogP contribution in [0.2, 0.25) is 0 Å². The summed E-state index contributed by atoms with van der Waals surface area (Å²) >= 11 is 0. The topological polar surface area (TPSA) is 70.4 Å². The fourth-order valence-corrected chi connectivity index (χ4v) is 3.67. The lowest BCUT2D eigenvalue weighted by Gasteiger charge is -2.18. The summed E-state index contributed by atoms with van der Waals surface area (Å²) in [5.41, 5.74) is 14.5. The first-order valence-corrected chi connectivity index (χ1v) is 9.91. The number of hydrogen-bond donors (Lipinski definition) is 3. The first kappa shape index (κ1) is 23.1. The Balaban J connectivity index is 0.00000300. The van der Waals surface area contributed by atoms with E-state index in [9.17, 15) is 9.18 Å². The summed E-state index contributed by atoms with van der Waals surface area (Å²) in [5.74, 6) is -0.226. The number of hydrogen-bond acceptors (Lipinski definition) is 4. The fourth-order valence-electron chi connectivity index (χ4n) is 3.67. The third-order valence-corrected chi connectivity index (χ3v) is 5.32. The van der Waals surface area contributed by atoms with Gasteiger partial charge in [-0.2, -0.15) is 0 Å². The molecule has 5 nitrogen and oxygen atoms in total. The van der Waals surface area contributed by atoms with Crippen molar-refractivity contribution in [2.75, 3.05) is 19.3 Å². The summed E-state index contributed by atoms with van der Waals surface area (Å²) in [6, 6.07) is 14.5. The molecule has 7 heteroatoms. The van der Waals surface area contributed by atoms with Crippen molar-refractivity contribution in [2.24, 2.45) is 0 Å². The van der Waals surface area contributed by atoms with Crippen molar-refractivity contribution >= 4 is 24.0 Å². The molecule has 1 heterocycles. The molecule has 1 aliphatic heterocycles. The maximum Gasteiger partial charge on any atom is 0.255 e. The van der Waals surface area contributed by atoms with Crippen LogP contribution in [0.4, 0.5) is 10.1 Å². The van der Waals surface area contributed by atoms with Crippen molar-refractivity contribution in [1.82, 2.24) is 15.8 Å². The summed E-state index contributed by atoms with van der Waals surface area (Å²) in [4.78, 5) is 14.2. The molecule has 158 valence electrons. The van der Waals surface area contributed by atoms with Gasteiger partial charge in [-0.3, -0.25) is 15.6 Å². The number of nitrogens with two attached hydrogens (primary N) is 1. The first-order valence-electron chi connectivity index (χ1n) is 9.91. The summed E-state index contributed by atoms with van der Waals surface area (Å²) < 4.78 is 13.4. The Kier molecular flexibility index (Phi) is 8.89. The largest absolute Gasteiger partial charge is 0.398 e. The van der Waals surface area contributed by atoms with E-state index in [1.54, 1.807) is 29.2 Å². The van der Waals surface area contributed by atoms with E-state index in [1.165, 1.54) is 6.07 Å². The number of nitrogens with one attached hydrogen (secondary N) is 2. The zero-order valence-electron chi connectivity index (χ0n) is 16.7. The number of hydrazine groups is 1. The van der Waals surface area contributed by atoms with E-state index < -0.39 is 0 Å². The molecule has 4 N–H and O–H groups in total. The van der Waals surface area contributed by atoms with Gasteiger partial charge in [0.05, 0.1) is 5.56 Å². The Morgan fingerprint density at radius 3 is 2.69 bits per heavy atom. The Morgan fingerprint density at radius 1 is 1.14 bits per heavy atom. The van der Waals surface area contributed by atoms with Crippen LogP contribution in [-0.2, 0) is 0 Å². The summed E-state index contributed by atoms with van der Waals surface area (Å²) in [5, 5.41) is 0. The van der Waals surface area contributed by atoms with E-state index in [2.05, 4.69) is 10.9 Å². The quantitative estimate of drug-likeness (QED) is 0.444. The van der Waals surface area contributed by atoms with Gasteiger partial charge in [0, 0.05) is 31.4 Å². The van der Waals surface area contributed by atoms with Gasteiger partial charge in [0.2, 0.25) is 0 Å². The summed E-state index contributed by atoms with van der Waals surface area (Å²) in [7, 11) is 1.82. The number of nitrogens with zero attached hydrogens (tertiary/aromatic N) is 1. The molecular formula is C22H30ClFN4O. The number of rotatable bonds is 8. The Morgan fingerprint density at radius 2 is 1.93 bits per heavy atom. The van der Waals surface area contributed by atoms with E-state index in [1.807, 2.05) is 25.2 Å². The first-order chi connectivity index (χ1) is 13.5. The molecule has 2 aromatic carbocycles. The van der Waals surface area contributed by atoms with E-state index in [0.717, 1.165) is 44.2 Å². The predicted octanol–water partition coefficient (Wildman–Crippen LogP) is 4.07. The zero-order valence-corrected chi connectivity index (χ0v) is 17.6. The van der Waals surface area contributed by atoms with Crippen LogP contribution < -0.4 is 16.6 Å². The van der Waals surface area contributed by atoms with Gasteiger partial charge in [-0.15, -0.1) is 12.4 Å². The van der Waals surface area contributed by atoms with Crippen LogP contribution in [0.25, 0.3) is 0 Å². The third kappa shape index (κ3) is 6.42. The van der Waals surface area contributed by atoms with Gasteiger partial charge in [-0.25, -0.2) is 4.39 Å². The Hall–Kier alpha value is -2.15. The number of halogens is 2. The molecule has 0 aromatic heterocycles. The summed E-state index contributed by atoms with van der Waals surface area (Å²) in [6.45, 7) is 0.718. The molecule has 3 rings (SSSR count). The van der Waals surface area contributed by atoms with Gasteiger partial charge in [0.1, 0.15) is 5.82 Å². The van der Waals surface area contributed by atoms with Gasteiger partial charge in [-0.05, 0) is 49.1 Å². The lowest BCUT2D eigenvalue weighted by Crippen LogP contribution is -2.31. The second kappa shape index (κ2) is 11.1. The number of nitrogen functional groups attached to an aromatic ring is 1. The molecular weight excluding hydrogens is 391 g/mol. The Labute approximate surface area is 178 Å². The predicted molar refractivity (Wildman–Crippen MR) is 117 cm³/mol. The van der Waals surface area contributed by atoms with Gasteiger partial charge in [0.25, 0.3) is 5.91 Å². The van der Waals surface area contributed by atoms with Gasteiger partial charge in [-0.1, -0.05) is 37.1 Å². The highest BCUT2D eigenvalue weighted by atomic mass is 35.5. The van der Waals surface area contributed by atoms with Crippen LogP contribution >= 0.6 is 12.4 Å². The van der Waals surface area contributed by atoms with Crippen molar-refractivity contribution in [3.63, 3.8) is 0 Å². The van der Waals surface area contributed by atoms with E-state index >= 15 is 0 Å². The molecule has 29 heavy (non-hydrogen) atoms. The molecule has 0 spiro atoms. The summed E-state index contributed by atoms with van der Waals surface area (Å²) in [6.07, 6.45) is 5.12. The van der Waals surface area contributed by atoms with Crippen LogP contribution in [0.5, 0.6) is 0 Å². The highest BCUT2D eigenvalue weighted by Gasteiger charge is 2.24. The lowest BCUT2D eigenvalue weighted by molar-refractivity contribution is 0.0793. The van der Waals surface area contributed by atoms with Gasteiger partial charge >= 0.3 is 0 Å². The van der Waals surface area contributed by atoms with Crippen LogP contribution in [0.1, 0.15) is 54.1 Å². The smallest absolute Gasteiger partial charge is 0.255 e. The van der Waals surface area contributed by atoms with Crippen molar-refractivity contribution in [3.05, 3.63) is 65.5 Å². The lowest BCUT2D eigenvalue weighted by atomic mass is 9.99. The minimum atomic E-state index is -0.196. The Bertz CT molecular complexity index is 804. The number of unbranched alkanes of at least 4 members (excludes halogenated alkanes) is 2. The monoisotopic (exact) mass is 420 g/mol. The number of benzene rings is 2. The molecule has 0 bridgehead atoms. The third-order valence-electron chi connectivity index (χ3n) is 5.32. The second-order valence-electron chi connectivity index (χ2n) is 7.49. The molecule has 0 saturated carbocycles. The zero-order chi connectivity index (χ0) is 19.9. The van der Waals surface area contributed by atoms with Crippen molar-refractivity contribution in [1.29, 1.82) is 0 Å². The molecule has 1 fully saturated rings. The minimum Gasteiger partial charge on any atom is -0.398 e. The molecule has 0 radical (unpaired) electrons. The molecule has 2 unspecified atom stereocenters. The molecule has 1 aliphatic rings. The minimum absolute atomic E-state index is 0. The van der Waals surface area contributed by atoms with Crippen molar-refractivity contribution < 1.29 is 9.18 Å². The van der Waals surface area contributed by atoms with Gasteiger partial charge < -0.3 is 10.6 Å². The molecule has 2 aromatic rings. The normalized spacial score (nSPS) is 18.3. The highest BCUT2D eigenvalue weighted by molar-refractivity contribution is 5.98. The molecule has 2 atom stereocenters. The average Bonchev–Trinajstić information content (AvgIpc) is 3.16. The van der Waals surface area contributed by atoms with Crippen LogP contribution in [0.3, 0.4) is 0 Å². The number of para-hydroxylation sites is 1. The number of anilines is 1. The van der Waals surface area contributed by atoms with E-state index in [-0.39, 0.29) is 30.2 Å². The maximum atomic E-state index is 13.4. The van der Waals surface area contributed by atoms with Crippen molar-refractivity contribution in [2.45, 2.75) is 44.2 Å². The molecule has 0 aliphatic carbocycles. The fraction of sp³-hybridized carbons (Fsp3) is 0.409. The van der Waals surface area contributed by atoms with E-state index in [4.69, 9.17) is 5.73 Å².